The van der Waals surface area contributed by atoms with Crippen molar-refractivity contribution in [1.29, 1.82) is 0 Å². The van der Waals surface area contributed by atoms with Crippen LogP contribution in [0.15, 0.2) is 29.1 Å². The van der Waals surface area contributed by atoms with Gasteiger partial charge in [0.25, 0.3) is 5.56 Å². The van der Waals surface area contributed by atoms with Gasteiger partial charge in [-0.05, 0) is 36.1 Å². The predicted octanol–water partition coefficient (Wildman–Crippen LogP) is 2.75. The Morgan fingerprint density at radius 1 is 1.36 bits per heavy atom. The van der Waals surface area contributed by atoms with E-state index in [-0.39, 0.29) is 5.56 Å². The molecule has 2 nitrogen and oxygen atoms in total. The molecule has 0 aliphatic carbocycles. The maximum atomic E-state index is 11.4. The Balaban J connectivity index is 2.80. The lowest BCUT2D eigenvalue weighted by molar-refractivity contribution is 1.24. The van der Waals surface area contributed by atoms with Gasteiger partial charge in [-0.1, -0.05) is 18.5 Å². The van der Waals surface area contributed by atoms with Gasteiger partial charge in [-0.15, -0.1) is 0 Å². The Hall–Kier alpha value is -1.28. The highest BCUT2D eigenvalue weighted by molar-refractivity contribution is 6.31. The molecule has 1 radical (unpaired) electrons. The summed E-state index contributed by atoms with van der Waals surface area (Å²) in [5, 5.41) is 1.62. The van der Waals surface area contributed by atoms with Crippen LogP contribution in [0.4, 0.5) is 0 Å². The minimum absolute atomic E-state index is 0.0673. The van der Waals surface area contributed by atoms with E-state index in [2.05, 4.69) is 4.98 Å². The number of nitrogens with one attached hydrogen (secondary N) is 1. The molecule has 0 atom stereocenters. The van der Waals surface area contributed by atoms with E-state index in [1.54, 1.807) is 18.6 Å². The third-order valence-corrected chi connectivity index (χ3v) is 2.38. The highest BCUT2D eigenvalue weighted by atomic mass is 35.5. The van der Waals surface area contributed by atoms with Crippen LogP contribution in [0, 0.1) is 6.42 Å². The zero-order chi connectivity index (χ0) is 10.1. The zero-order valence-corrected chi connectivity index (χ0v) is 8.43. The summed E-state index contributed by atoms with van der Waals surface area (Å²) in [5.41, 5.74) is 1.41. The fourth-order valence-electron chi connectivity index (χ4n) is 1.41. The number of fused-ring (bicyclic) bond motifs is 1. The molecule has 0 aliphatic rings. The van der Waals surface area contributed by atoms with Crippen molar-refractivity contribution in [2.24, 2.45) is 0 Å². The van der Waals surface area contributed by atoms with E-state index < -0.39 is 0 Å². The first-order valence-corrected chi connectivity index (χ1v) is 4.70. The molecule has 0 amide bonds. The molecule has 0 saturated heterocycles. The molecule has 2 rings (SSSR count). The zero-order valence-electron chi connectivity index (χ0n) is 7.67. The van der Waals surface area contributed by atoms with Gasteiger partial charge in [0.1, 0.15) is 0 Å². The van der Waals surface area contributed by atoms with Crippen molar-refractivity contribution in [2.45, 2.75) is 6.92 Å². The van der Waals surface area contributed by atoms with E-state index in [1.165, 1.54) is 0 Å². The molecule has 2 aromatic rings. The molecule has 1 aromatic carbocycles. The molecule has 0 fully saturated rings. The van der Waals surface area contributed by atoms with Gasteiger partial charge in [0, 0.05) is 16.1 Å². The van der Waals surface area contributed by atoms with Crippen LogP contribution >= 0.6 is 11.6 Å². The molecule has 0 spiro atoms. The van der Waals surface area contributed by atoms with E-state index in [1.807, 2.05) is 19.1 Å². The van der Waals surface area contributed by atoms with Crippen LogP contribution in [-0.4, -0.2) is 4.98 Å². The van der Waals surface area contributed by atoms with E-state index >= 15 is 0 Å². The van der Waals surface area contributed by atoms with Gasteiger partial charge in [-0.25, -0.2) is 0 Å². The second kappa shape index (κ2) is 3.46. The number of pyridine rings is 1. The van der Waals surface area contributed by atoms with Gasteiger partial charge in [0.2, 0.25) is 0 Å². The number of H-pyrrole nitrogens is 1. The number of rotatable bonds is 1. The Morgan fingerprint density at radius 2 is 2.14 bits per heavy atom. The Bertz CT molecular complexity index is 530. The van der Waals surface area contributed by atoms with E-state index in [9.17, 15) is 4.79 Å². The number of halogens is 1. The quantitative estimate of drug-likeness (QED) is 0.765. The SMILES string of the molecule is C[CH]c1cc2cc(Cl)ccc2[nH]c1=O. The monoisotopic (exact) mass is 206 g/mol. The molecule has 14 heavy (non-hydrogen) atoms. The van der Waals surface area contributed by atoms with E-state index in [4.69, 9.17) is 11.6 Å². The highest BCUT2D eigenvalue weighted by Crippen LogP contribution is 2.17. The Kier molecular flexibility index (Phi) is 2.30. The molecule has 0 aliphatic heterocycles. The summed E-state index contributed by atoms with van der Waals surface area (Å²) in [6, 6.07) is 7.23. The van der Waals surface area contributed by atoms with Crippen molar-refractivity contribution in [3.05, 3.63) is 51.6 Å². The number of aromatic amines is 1. The van der Waals surface area contributed by atoms with Gasteiger partial charge in [0.15, 0.2) is 0 Å². The lowest BCUT2D eigenvalue weighted by Gasteiger charge is -2.00. The first-order valence-electron chi connectivity index (χ1n) is 4.32. The molecule has 0 bridgehead atoms. The van der Waals surface area contributed by atoms with Crippen molar-refractivity contribution < 1.29 is 0 Å². The van der Waals surface area contributed by atoms with Crippen LogP contribution in [0.2, 0.25) is 5.02 Å². The average Bonchev–Trinajstić information content (AvgIpc) is 2.17. The molecule has 1 N–H and O–H groups in total. The number of hydrogen-bond donors (Lipinski definition) is 1. The largest absolute Gasteiger partial charge is 0.322 e. The van der Waals surface area contributed by atoms with Crippen molar-refractivity contribution in [3.63, 3.8) is 0 Å². The maximum Gasteiger partial charge on any atom is 0.251 e. The van der Waals surface area contributed by atoms with Gasteiger partial charge in [-0.2, -0.15) is 0 Å². The Morgan fingerprint density at radius 3 is 2.86 bits per heavy atom. The summed E-state index contributed by atoms with van der Waals surface area (Å²) in [4.78, 5) is 14.2. The van der Waals surface area contributed by atoms with Crippen molar-refractivity contribution in [3.8, 4) is 0 Å². The lowest BCUT2D eigenvalue weighted by atomic mass is 10.1. The van der Waals surface area contributed by atoms with Crippen molar-refractivity contribution in [2.75, 3.05) is 0 Å². The summed E-state index contributed by atoms with van der Waals surface area (Å²) in [6.45, 7) is 1.83. The summed E-state index contributed by atoms with van der Waals surface area (Å²) >= 11 is 5.85. The number of hydrogen-bond acceptors (Lipinski definition) is 1. The summed E-state index contributed by atoms with van der Waals surface area (Å²) in [6.07, 6.45) is 1.78. The van der Waals surface area contributed by atoms with Crippen LogP contribution in [0.3, 0.4) is 0 Å². The molecule has 0 unspecified atom stereocenters. The standard InChI is InChI=1S/C11H9ClNO/c1-2-7-5-8-6-9(12)3-4-10(8)13-11(7)14/h2-6H,1H3,(H,13,14). The summed E-state index contributed by atoms with van der Waals surface area (Å²) in [7, 11) is 0. The summed E-state index contributed by atoms with van der Waals surface area (Å²) in [5.74, 6) is 0. The molecular weight excluding hydrogens is 198 g/mol. The third kappa shape index (κ3) is 1.53. The number of aromatic nitrogens is 1. The maximum absolute atomic E-state index is 11.4. The summed E-state index contributed by atoms with van der Waals surface area (Å²) < 4.78 is 0. The molecule has 0 saturated carbocycles. The topological polar surface area (TPSA) is 32.9 Å². The van der Waals surface area contributed by atoms with E-state index in [0.29, 0.717) is 10.6 Å². The fourth-order valence-corrected chi connectivity index (χ4v) is 1.59. The molecular formula is C11H9ClNO. The van der Waals surface area contributed by atoms with Crippen LogP contribution in [0.1, 0.15) is 12.5 Å². The fraction of sp³-hybridized carbons (Fsp3) is 0.0909. The highest BCUT2D eigenvalue weighted by Gasteiger charge is 2.00. The first kappa shape index (κ1) is 9.28. The van der Waals surface area contributed by atoms with Crippen LogP contribution < -0.4 is 5.56 Å². The van der Waals surface area contributed by atoms with Gasteiger partial charge >= 0.3 is 0 Å². The molecule has 1 heterocycles. The van der Waals surface area contributed by atoms with Crippen LogP contribution in [0.5, 0.6) is 0 Å². The minimum Gasteiger partial charge on any atom is -0.322 e. The lowest BCUT2D eigenvalue weighted by Crippen LogP contribution is -2.10. The minimum atomic E-state index is -0.0673. The first-order chi connectivity index (χ1) is 6.70. The number of benzene rings is 1. The van der Waals surface area contributed by atoms with Crippen molar-refractivity contribution in [1.82, 2.24) is 4.98 Å². The third-order valence-electron chi connectivity index (χ3n) is 2.15. The van der Waals surface area contributed by atoms with Crippen LogP contribution in [-0.2, 0) is 0 Å². The second-order valence-electron chi connectivity index (χ2n) is 3.07. The average molecular weight is 207 g/mol. The second-order valence-corrected chi connectivity index (χ2v) is 3.51. The van der Waals surface area contributed by atoms with E-state index in [0.717, 1.165) is 10.9 Å². The Labute approximate surface area is 86.5 Å². The molecule has 1 aromatic heterocycles. The predicted molar refractivity (Wildman–Crippen MR) is 58.7 cm³/mol. The van der Waals surface area contributed by atoms with Gasteiger partial charge in [-0.3, -0.25) is 4.79 Å². The van der Waals surface area contributed by atoms with Gasteiger partial charge in [0.05, 0.1) is 0 Å². The molecule has 3 heteroatoms. The normalized spacial score (nSPS) is 10.7. The van der Waals surface area contributed by atoms with Gasteiger partial charge < -0.3 is 4.98 Å². The van der Waals surface area contributed by atoms with Crippen molar-refractivity contribution >= 4 is 22.5 Å². The smallest absolute Gasteiger partial charge is 0.251 e. The van der Waals surface area contributed by atoms with Crippen LogP contribution in [0.25, 0.3) is 10.9 Å². The molecule has 71 valence electrons.